The van der Waals surface area contributed by atoms with Crippen LogP contribution in [-0.2, 0) is 0 Å². The lowest BCUT2D eigenvalue weighted by Crippen LogP contribution is -2.55. The lowest BCUT2D eigenvalue weighted by molar-refractivity contribution is 0.0316. The summed E-state index contributed by atoms with van der Waals surface area (Å²) < 4.78 is 35.1. The number of aliphatic hydroxyl groups is 1. The molecule has 1 atom stereocenters. The van der Waals surface area contributed by atoms with Crippen LogP contribution in [0.2, 0.25) is 10.0 Å². The SMILES string of the molecule is O=C(NN1CCN(C[C@@H](O)COc2ccc(Cl)c(F)c2)CC1)c1cn(C2CCC2)c2cc(Cl)c(F)cc2c1=O. The van der Waals surface area contributed by atoms with Gasteiger partial charge in [0.1, 0.15) is 35.7 Å². The lowest BCUT2D eigenvalue weighted by atomic mass is 9.92. The fraction of sp³-hybridized carbons (Fsp3) is 0.407. The molecule has 2 heterocycles. The Balaban J connectivity index is 1.18. The van der Waals surface area contributed by atoms with Crippen molar-refractivity contribution in [3.05, 3.63) is 74.0 Å². The van der Waals surface area contributed by atoms with E-state index in [1.54, 1.807) is 11.2 Å². The van der Waals surface area contributed by atoms with Gasteiger partial charge in [-0.2, -0.15) is 0 Å². The fourth-order valence-electron chi connectivity index (χ4n) is 4.83. The number of rotatable bonds is 8. The van der Waals surface area contributed by atoms with Crippen molar-refractivity contribution in [2.45, 2.75) is 31.4 Å². The van der Waals surface area contributed by atoms with Crippen LogP contribution in [0.1, 0.15) is 35.7 Å². The molecule has 0 radical (unpaired) electrons. The molecule has 3 aromatic rings. The number of aliphatic hydroxyl groups excluding tert-OH is 1. The first-order valence-electron chi connectivity index (χ1n) is 12.8. The summed E-state index contributed by atoms with van der Waals surface area (Å²) in [7, 11) is 0. The van der Waals surface area contributed by atoms with Crippen LogP contribution < -0.4 is 15.6 Å². The van der Waals surface area contributed by atoms with E-state index in [0.717, 1.165) is 25.3 Å². The number of ether oxygens (including phenoxy) is 1. The number of pyridine rings is 1. The van der Waals surface area contributed by atoms with E-state index >= 15 is 0 Å². The van der Waals surface area contributed by atoms with Crippen molar-refractivity contribution in [2.75, 3.05) is 39.3 Å². The van der Waals surface area contributed by atoms with Gasteiger partial charge in [0, 0.05) is 56.4 Å². The van der Waals surface area contributed by atoms with Crippen molar-refractivity contribution in [1.29, 1.82) is 0 Å². The first kappa shape index (κ1) is 27.8. The molecule has 2 aliphatic rings. The molecular weight excluding hydrogens is 553 g/mol. The van der Waals surface area contributed by atoms with Crippen molar-refractivity contribution in [3.63, 3.8) is 0 Å². The van der Waals surface area contributed by atoms with Gasteiger partial charge in [-0.25, -0.2) is 13.8 Å². The minimum Gasteiger partial charge on any atom is -0.491 e. The molecular formula is C27H28Cl2F2N4O4. The zero-order valence-corrected chi connectivity index (χ0v) is 22.5. The van der Waals surface area contributed by atoms with E-state index in [9.17, 15) is 23.5 Å². The van der Waals surface area contributed by atoms with Gasteiger partial charge in [-0.3, -0.25) is 19.9 Å². The quantitative estimate of drug-likeness (QED) is 0.418. The molecule has 2 fully saturated rings. The van der Waals surface area contributed by atoms with E-state index in [2.05, 4.69) is 5.43 Å². The summed E-state index contributed by atoms with van der Waals surface area (Å²) in [6, 6.07) is 6.75. The predicted octanol–water partition coefficient (Wildman–Crippen LogP) is 4.01. The Hall–Kier alpha value is -2.76. The Morgan fingerprint density at radius 1 is 1.08 bits per heavy atom. The van der Waals surface area contributed by atoms with Gasteiger partial charge in [0.2, 0.25) is 5.43 Å². The second-order valence-electron chi connectivity index (χ2n) is 9.92. The molecule has 2 aromatic carbocycles. The van der Waals surface area contributed by atoms with Gasteiger partial charge in [-0.1, -0.05) is 23.2 Å². The van der Waals surface area contributed by atoms with Gasteiger partial charge in [0.05, 0.1) is 15.6 Å². The van der Waals surface area contributed by atoms with Gasteiger partial charge < -0.3 is 14.4 Å². The second kappa shape index (κ2) is 11.8. The average molecular weight is 581 g/mol. The number of carbonyl (C=O) groups excluding carboxylic acids is 1. The number of hydrazine groups is 1. The first-order chi connectivity index (χ1) is 18.7. The summed E-state index contributed by atoms with van der Waals surface area (Å²) in [6.45, 7) is 2.37. The van der Waals surface area contributed by atoms with E-state index in [4.69, 9.17) is 27.9 Å². The number of carbonyl (C=O) groups is 1. The first-order valence-corrected chi connectivity index (χ1v) is 13.5. The molecule has 5 rings (SSSR count). The molecule has 39 heavy (non-hydrogen) atoms. The third kappa shape index (κ3) is 6.20. The van der Waals surface area contributed by atoms with Crippen molar-refractivity contribution < 1.29 is 23.4 Å². The molecule has 2 N–H and O–H groups in total. The summed E-state index contributed by atoms with van der Waals surface area (Å²) in [5.41, 5.74) is 2.72. The lowest BCUT2D eigenvalue weighted by Gasteiger charge is -2.35. The van der Waals surface area contributed by atoms with E-state index < -0.39 is 29.1 Å². The van der Waals surface area contributed by atoms with E-state index in [1.807, 2.05) is 9.47 Å². The summed E-state index contributed by atoms with van der Waals surface area (Å²) in [5, 5.41) is 12.1. The van der Waals surface area contributed by atoms with Gasteiger partial charge in [-0.05, 0) is 43.5 Å². The maximum absolute atomic E-state index is 14.2. The van der Waals surface area contributed by atoms with Crippen LogP contribution in [0, 0.1) is 11.6 Å². The Bertz CT molecular complexity index is 1440. The van der Waals surface area contributed by atoms with Crippen LogP contribution in [0.15, 0.2) is 41.3 Å². The standard InChI is InChI=1S/C27H28Cl2F2N4O4/c28-21-5-4-18(10-23(21)30)39-15-17(36)13-33-6-8-34(9-7-33)32-27(38)20-14-35(16-2-1-3-16)25-12-22(29)24(31)11-19(25)26(20)37/h4-5,10-12,14,16-17,36H,1-3,6-9,13,15H2,(H,32,38)/t17-/m1/s1. The van der Waals surface area contributed by atoms with Gasteiger partial charge in [-0.15, -0.1) is 0 Å². The van der Waals surface area contributed by atoms with Gasteiger partial charge in [0.15, 0.2) is 0 Å². The molecule has 12 heteroatoms. The summed E-state index contributed by atoms with van der Waals surface area (Å²) in [4.78, 5) is 28.3. The number of piperazine rings is 1. The number of amides is 1. The monoisotopic (exact) mass is 580 g/mol. The van der Waals surface area contributed by atoms with E-state index in [1.165, 1.54) is 24.3 Å². The molecule has 1 aliphatic heterocycles. The summed E-state index contributed by atoms with van der Waals surface area (Å²) >= 11 is 11.7. The van der Waals surface area contributed by atoms with Crippen LogP contribution in [0.25, 0.3) is 10.9 Å². The molecule has 1 saturated heterocycles. The molecule has 0 spiro atoms. The van der Waals surface area contributed by atoms with Crippen molar-refractivity contribution in [2.24, 2.45) is 0 Å². The highest BCUT2D eigenvalue weighted by Gasteiger charge is 2.26. The van der Waals surface area contributed by atoms with Crippen LogP contribution in [-0.4, -0.2) is 70.9 Å². The predicted molar refractivity (Wildman–Crippen MR) is 144 cm³/mol. The Kier molecular flexibility index (Phi) is 8.39. The Morgan fingerprint density at radius 2 is 1.79 bits per heavy atom. The zero-order valence-electron chi connectivity index (χ0n) is 21.0. The normalized spacial score (nSPS) is 17.7. The maximum atomic E-state index is 14.2. The molecule has 1 amide bonds. The number of hydrogen-bond donors (Lipinski definition) is 2. The number of aromatic nitrogens is 1. The van der Waals surface area contributed by atoms with Crippen LogP contribution in [0.4, 0.5) is 8.78 Å². The highest BCUT2D eigenvalue weighted by atomic mass is 35.5. The number of nitrogens with one attached hydrogen (secondary N) is 1. The van der Waals surface area contributed by atoms with Crippen molar-refractivity contribution in [3.8, 4) is 5.75 Å². The molecule has 0 unspecified atom stereocenters. The number of halogens is 4. The number of benzene rings is 2. The van der Waals surface area contributed by atoms with Crippen molar-refractivity contribution in [1.82, 2.24) is 19.9 Å². The summed E-state index contributed by atoms with van der Waals surface area (Å²) in [6.07, 6.45) is 3.60. The molecule has 208 valence electrons. The van der Waals surface area contributed by atoms with Crippen LogP contribution in [0.3, 0.4) is 0 Å². The molecule has 8 nitrogen and oxygen atoms in total. The van der Waals surface area contributed by atoms with E-state index in [0.29, 0.717) is 38.2 Å². The average Bonchev–Trinajstić information content (AvgIpc) is 2.87. The third-order valence-corrected chi connectivity index (χ3v) is 7.82. The fourth-order valence-corrected chi connectivity index (χ4v) is 5.10. The summed E-state index contributed by atoms with van der Waals surface area (Å²) in [5.74, 6) is -1.58. The molecule has 1 aromatic heterocycles. The Labute approximate surface area is 233 Å². The molecule has 1 saturated carbocycles. The highest BCUT2D eigenvalue weighted by molar-refractivity contribution is 6.31. The largest absolute Gasteiger partial charge is 0.491 e. The van der Waals surface area contributed by atoms with Gasteiger partial charge >= 0.3 is 0 Å². The minimum atomic E-state index is -0.804. The molecule has 1 aliphatic carbocycles. The number of fused-ring (bicyclic) bond motifs is 1. The van der Waals surface area contributed by atoms with Gasteiger partial charge in [0.25, 0.3) is 5.91 Å². The minimum absolute atomic E-state index is 0.00341. The van der Waals surface area contributed by atoms with E-state index in [-0.39, 0.29) is 39.4 Å². The van der Waals surface area contributed by atoms with Crippen molar-refractivity contribution >= 4 is 40.0 Å². The topological polar surface area (TPSA) is 87.0 Å². The maximum Gasteiger partial charge on any atom is 0.271 e. The van der Waals surface area contributed by atoms with Crippen LogP contribution >= 0.6 is 23.2 Å². The Morgan fingerprint density at radius 3 is 2.46 bits per heavy atom. The number of β-amino-alcohol motifs (C(OH)–C–C–N with tert-alkyl or cyclic N) is 1. The number of nitrogens with zero attached hydrogens (tertiary/aromatic N) is 3. The number of hydrogen-bond acceptors (Lipinski definition) is 6. The third-order valence-electron chi connectivity index (χ3n) is 7.22. The molecule has 0 bridgehead atoms. The zero-order chi connectivity index (χ0) is 27.7. The highest BCUT2D eigenvalue weighted by Crippen LogP contribution is 2.34. The second-order valence-corrected chi connectivity index (χ2v) is 10.7. The van der Waals surface area contributed by atoms with Crippen LogP contribution in [0.5, 0.6) is 5.75 Å². The smallest absolute Gasteiger partial charge is 0.271 e.